The van der Waals surface area contributed by atoms with Gasteiger partial charge in [0.05, 0.1) is 5.75 Å². The van der Waals surface area contributed by atoms with Crippen LogP contribution in [0.2, 0.25) is 0 Å². The fraction of sp³-hybridized carbons (Fsp3) is 0.318. The van der Waals surface area contributed by atoms with Crippen molar-refractivity contribution in [2.75, 3.05) is 5.75 Å². The van der Waals surface area contributed by atoms with E-state index in [0.29, 0.717) is 12.2 Å². The highest BCUT2D eigenvalue weighted by Crippen LogP contribution is 2.23. The SMILES string of the molecule is CCCC(C)NC(=O)CSc1nnc(Cc2ccccc2)n1-c1ccccc1. The van der Waals surface area contributed by atoms with Crippen molar-refractivity contribution < 1.29 is 4.79 Å². The highest BCUT2D eigenvalue weighted by atomic mass is 32.2. The van der Waals surface area contributed by atoms with Crippen molar-refractivity contribution in [1.29, 1.82) is 0 Å². The molecule has 146 valence electrons. The highest BCUT2D eigenvalue weighted by molar-refractivity contribution is 7.99. The molecule has 0 aliphatic heterocycles. The Kier molecular flexibility index (Phi) is 7.25. The van der Waals surface area contributed by atoms with E-state index in [2.05, 4.69) is 34.6 Å². The van der Waals surface area contributed by atoms with Crippen LogP contribution in [-0.2, 0) is 11.2 Å². The lowest BCUT2D eigenvalue weighted by Gasteiger charge is -2.13. The van der Waals surface area contributed by atoms with Gasteiger partial charge in [-0.3, -0.25) is 9.36 Å². The summed E-state index contributed by atoms with van der Waals surface area (Å²) in [6.45, 7) is 4.16. The van der Waals surface area contributed by atoms with Crippen molar-refractivity contribution in [3.05, 3.63) is 72.1 Å². The van der Waals surface area contributed by atoms with Crippen LogP contribution in [0.1, 0.15) is 38.1 Å². The summed E-state index contributed by atoms with van der Waals surface area (Å²) in [5, 5.41) is 12.6. The van der Waals surface area contributed by atoms with Gasteiger partial charge in [-0.25, -0.2) is 0 Å². The van der Waals surface area contributed by atoms with Crippen molar-refractivity contribution in [3.8, 4) is 5.69 Å². The molecule has 0 aliphatic rings. The number of rotatable bonds is 9. The van der Waals surface area contributed by atoms with Gasteiger partial charge in [0.25, 0.3) is 0 Å². The molecule has 0 radical (unpaired) electrons. The molecule has 2 aromatic carbocycles. The maximum atomic E-state index is 12.3. The number of thioether (sulfide) groups is 1. The zero-order valence-corrected chi connectivity index (χ0v) is 17.2. The van der Waals surface area contributed by atoms with Gasteiger partial charge in [-0.15, -0.1) is 10.2 Å². The summed E-state index contributed by atoms with van der Waals surface area (Å²) < 4.78 is 2.04. The molecule has 0 bridgehead atoms. The molecular formula is C22H26N4OS. The molecule has 6 heteroatoms. The third-order valence-corrected chi connectivity index (χ3v) is 5.31. The fourth-order valence-electron chi connectivity index (χ4n) is 3.07. The highest BCUT2D eigenvalue weighted by Gasteiger charge is 2.16. The van der Waals surface area contributed by atoms with Crippen molar-refractivity contribution >= 4 is 17.7 Å². The Morgan fingerprint density at radius 3 is 2.43 bits per heavy atom. The first-order chi connectivity index (χ1) is 13.7. The van der Waals surface area contributed by atoms with E-state index in [-0.39, 0.29) is 11.9 Å². The zero-order valence-electron chi connectivity index (χ0n) is 16.3. The Labute approximate surface area is 170 Å². The summed E-state index contributed by atoms with van der Waals surface area (Å²) >= 11 is 1.42. The Hall–Kier alpha value is -2.60. The standard InChI is InChI=1S/C22H26N4OS/c1-3-10-17(2)23-21(27)16-28-22-25-24-20(15-18-11-6-4-7-12-18)26(22)19-13-8-5-9-14-19/h4-9,11-14,17H,3,10,15-16H2,1-2H3,(H,23,27). The molecule has 0 spiro atoms. The summed E-state index contributed by atoms with van der Waals surface area (Å²) in [6.07, 6.45) is 2.72. The second-order valence-electron chi connectivity index (χ2n) is 6.78. The minimum Gasteiger partial charge on any atom is -0.353 e. The number of carbonyl (C=O) groups is 1. The van der Waals surface area contributed by atoms with Gasteiger partial charge in [0, 0.05) is 18.2 Å². The van der Waals surface area contributed by atoms with E-state index in [0.717, 1.165) is 29.5 Å². The molecule has 1 N–H and O–H groups in total. The Morgan fingerprint density at radius 1 is 1.07 bits per heavy atom. The molecule has 5 nitrogen and oxygen atoms in total. The first-order valence-electron chi connectivity index (χ1n) is 9.63. The van der Waals surface area contributed by atoms with Gasteiger partial charge in [0.1, 0.15) is 5.82 Å². The number of hydrogen-bond acceptors (Lipinski definition) is 4. The van der Waals surface area contributed by atoms with Crippen molar-refractivity contribution in [2.24, 2.45) is 0 Å². The van der Waals surface area contributed by atoms with E-state index in [4.69, 9.17) is 0 Å². The van der Waals surface area contributed by atoms with Crippen LogP contribution in [0.4, 0.5) is 0 Å². The fourth-order valence-corrected chi connectivity index (χ4v) is 3.86. The van der Waals surface area contributed by atoms with Gasteiger partial charge in [-0.2, -0.15) is 0 Å². The largest absolute Gasteiger partial charge is 0.353 e. The van der Waals surface area contributed by atoms with Crippen LogP contribution in [0.15, 0.2) is 65.8 Å². The minimum atomic E-state index is 0.0261. The molecule has 28 heavy (non-hydrogen) atoms. The number of amides is 1. The number of nitrogens with zero attached hydrogens (tertiary/aromatic N) is 3. The summed E-state index contributed by atoms with van der Waals surface area (Å²) in [7, 11) is 0. The zero-order chi connectivity index (χ0) is 19.8. The molecule has 3 aromatic rings. The lowest BCUT2D eigenvalue weighted by Crippen LogP contribution is -2.33. The normalized spacial score (nSPS) is 11.9. The maximum Gasteiger partial charge on any atom is 0.230 e. The summed E-state index contributed by atoms with van der Waals surface area (Å²) in [6, 6.07) is 20.5. The topological polar surface area (TPSA) is 59.8 Å². The summed E-state index contributed by atoms with van der Waals surface area (Å²) in [5.74, 6) is 1.21. The van der Waals surface area contributed by atoms with E-state index >= 15 is 0 Å². The Balaban J connectivity index is 1.78. The van der Waals surface area contributed by atoms with E-state index in [1.165, 1.54) is 17.3 Å². The first kappa shape index (κ1) is 20.1. The number of aromatic nitrogens is 3. The molecule has 1 amide bonds. The van der Waals surface area contributed by atoms with Gasteiger partial charge < -0.3 is 5.32 Å². The average Bonchev–Trinajstić information content (AvgIpc) is 3.10. The molecule has 1 aromatic heterocycles. The van der Waals surface area contributed by atoms with Gasteiger partial charge in [-0.1, -0.05) is 73.6 Å². The first-order valence-corrected chi connectivity index (χ1v) is 10.6. The van der Waals surface area contributed by atoms with Gasteiger partial charge >= 0.3 is 0 Å². The van der Waals surface area contributed by atoms with E-state index in [1.807, 2.05) is 60.0 Å². The van der Waals surface area contributed by atoms with Crippen molar-refractivity contribution in [1.82, 2.24) is 20.1 Å². The molecule has 3 rings (SSSR count). The lowest BCUT2D eigenvalue weighted by atomic mass is 10.1. The Morgan fingerprint density at radius 2 is 1.75 bits per heavy atom. The molecule has 0 fully saturated rings. The summed E-state index contributed by atoms with van der Waals surface area (Å²) in [5.41, 5.74) is 2.18. The van der Waals surface area contributed by atoms with Crippen LogP contribution in [0.5, 0.6) is 0 Å². The second kappa shape index (κ2) is 10.1. The summed E-state index contributed by atoms with van der Waals surface area (Å²) in [4.78, 5) is 12.3. The Bertz CT molecular complexity index is 880. The van der Waals surface area contributed by atoms with Crippen LogP contribution in [0.25, 0.3) is 5.69 Å². The van der Waals surface area contributed by atoms with Crippen LogP contribution in [0.3, 0.4) is 0 Å². The van der Waals surface area contributed by atoms with Crippen molar-refractivity contribution in [2.45, 2.75) is 44.3 Å². The van der Waals surface area contributed by atoms with E-state index in [1.54, 1.807) is 0 Å². The maximum absolute atomic E-state index is 12.3. The number of nitrogens with one attached hydrogen (secondary N) is 1. The molecule has 1 unspecified atom stereocenters. The van der Waals surface area contributed by atoms with Gasteiger partial charge in [0.2, 0.25) is 5.91 Å². The van der Waals surface area contributed by atoms with Crippen molar-refractivity contribution in [3.63, 3.8) is 0 Å². The second-order valence-corrected chi connectivity index (χ2v) is 7.72. The molecule has 1 atom stereocenters. The molecule has 0 saturated heterocycles. The molecule has 0 saturated carbocycles. The third-order valence-electron chi connectivity index (χ3n) is 4.38. The lowest BCUT2D eigenvalue weighted by molar-refractivity contribution is -0.119. The number of benzene rings is 2. The molecule has 0 aliphatic carbocycles. The average molecular weight is 395 g/mol. The van der Waals surface area contributed by atoms with Gasteiger partial charge in [-0.05, 0) is 31.0 Å². The predicted octanol–water partition coefficient (Wildman–Crippen LogP) is 4.26. The third kappa shape index (κ3) is 5.45. The predicted molar refractivity (Wildman–Crippen MR) is 114 cm³/mol. The quantitative estimate of drug-likeness (QED) is 0.551. The van der Waals surface area contributed by atoms with Crippen LogP contribution < -0.4 is 5.32 Å². The number of hydrogen-bond donors (Lipinski definition) is 1. The molecule has 1 heterocycles. The number of carbonyl (C=O) groups excluding carboxylic acids is 1. The van der Waals surface area contributed by atoms with Crippen LogP contribution in [0, 0.1) is 0 Å². The van der Waals surface area contributed by atoms with Gasteiger partial charge in [0.15, 0.2) is 5.16 Å². The number of para-hydroxylation sites is 1. The van der Waals surface area contributed by atoms with E-state index in [9.17, 15) is 4.79 Å². The van der Waals surface area contributed by atoms with E-state index < -0.39 is 0 Å². The monoisotopic (exact) mass is 394 g/mol. The van der Waals surface area contributed by atoms with Crippen LogP contribution >= 0.6 is 11.8 Å². The smallest absolute Gasteiger partial charge is 0.230 e. The van der Waals surface area contributed by atoms with Crippen LogP contribution in [-0.4, -0.2) is 32.5 Å². The minimum absolute atomic E-state index is 0.0261. The molecular weight excluding hydrogens is 368 g/mol.